The fourth-order valence-corrected chi connectivity index (χ4v) is 4.88. The second-order valence-corrected chi connectivity index (χ2v) is 8.48. The van der Waals surface area contributed by atoms with Crippen LogP contribution in [0, 0.1) is 25.7 Å². The number of nitrogens with zero attached hydrogens (tertiary/aromatic N) is 4. The Hall–Kier alpha value is -3.06. The molecule has 1 aromatic carbocycles. The van der Waals surface area contributed by atoms with E-state index in [9.17, 15) is 9.59 Å². The van der Waals surface area contributed by atoms with Crippen LogP contribution in [0.15, 0.2) is 48.9 Å². The van der Waals surface area contributed by atoms with Crippen LogP contribution >= 0.6 is 0 Å². The van der Waals surface area contributed by atoms with E-state index in [2.05, 4.69) is 9.97 Å². The second kappa shape index (κ2) is 6.74. The van der Waals surface area contributed by atoms with Gasteiger partial charge in [-0.25, -0.2) is 0 Å². The maximum absolute atomic E-state index is 13.5. The SMILES string of the molecule is Cc1ccc(N2C[C@]34C=C[C@H](O3)[C@@H](C(=O)N(C)Cc3cnccn3)[C@@H]4C2=O)cc1C. The number of aromatic nitrogens is 2. The van der Waals surface area contributed by atoms with Gasteiger partial charge in [0.1, 0.15) is 5.60 Å². The summed E-state index contributed by atoms with van der Waals surface area (Å²) in [6.07, 6.45) is 8.40. The lowest BCUT2D eigenvalue weighted by Gasteiger charge is -2.27. The molecule has 4 atom stereocenters. The van der Waals surface area contributed by atoms with Crippen LogP contribution in [0.3, 0.4) is 0 Å². The van der Waals surface area contributed by atoms with E-state index >= 15 is 0 Å². The summed E-state index contributed by atoms with van der Waals surface area (Å²) in [5.41, 5.74) is 3.14. The minimum absolute atomic E-state index is 0.0450. The Kier molecular flexibility index (Phi) is 4.25. The number of rotatable bonds is 4. The Balaban J connectivity index is 1.42. The van der Waals surface area contributed by atoms with Crippen LogP contribution in [0.2, 0.25) is 0 Å². The van der Waals surface area contributed by atoms with Gasteiger partial charge in [-0.15, -0.1) is 0 Å². The molecule has 0 unspecified atom stereocenters. The number of fused-ring (bicyclic) bond motifs is 1. The van der Waals surface area contributed by atoms with Gasteiger partial charge in [-0.2, -0.15) is 0 Å². The van der Waals surface area contributed by atoms with E-state index in [-0.39, 0.29) is 17.9 Å². The molecule has 0 radical (unpaired) electrons. The Bertz CT molecular complexity index is 1050. The maximum Gasteiger partial charge on any atom is 0.234 e. The highest BCUT2D eigenvalue weighted by atomic mass is 16.5. The number of carbonyl (C=O) groups excluding carboxylic acids is 2. The summed E-state index contributed by atoms with van der Waals surface area (Å²) in [6.45, 7) is 4.86. The van der Waals surface area contributed by atoms with Crippen molar-refractivity contribution in [1.82, 2.24) is 14.9 Å². The van der Waals surface area contributed by atoms with Gasteiger partial charge in [-0.3, -0.25) is 19.6 Å². The molecule has 2 bridgehead atoms. The normalized spacial score (nSPS) is 28.8. The highest BCUT2D eigenvalue weighted by Gasteiger charge is 2.67. The number of hydrogen-bond acceptors (Lipinski definition) is 5. The van der Waals surface area contributed by atoms with Crippen LogP contribution in [0.1, 0.15) is 16.8 Å². The fourth-order valence-electron chi connectivity index (χ4n) is 4.88. The van der Waals surface area contributed by atoms with E-state index in [1.54, 1.807) is 35.4 Å². The van der Waals surface area contributed by atoms with E-state index in [0.717, 1.165) is 11.3 Å². The third-order valence-electron chi connectivity index (χ3n) is 6.58. The van der Waals surface area contributed by atoms with E-state index in [0.29, 0.717) is 18.8 Å². The first-order valence-corrected chi connectivity index (χ1v) is 10.2. The lowest BCUT2D eigenvalue weighted by molar-refractivity contribution is -0.139. The van der Waals surface area contributed by atoms with E-state index < -0.39 is 17.4 Å². The van der Waals surface area contributed by atoms with Crippen molar-refractivity contribution < 1.29 is 14.3 Å². The molecule has 0 aliphatic carbocycles. The Morgan fingerprint density at radius 1 is 1.30 bits per heavy atom. The van der Waals surface area contributed by atoms with Crippen molar-refractivity contribution in [2.24, 2.45) is 11.8 Å². The minimum Gasteiger partial charge on any atom is -0.360 e. The maximum atomic E-state index is 13.5. The number of carbonyl (C=O) groups is 2. The van der Waals surface area contributed by atoms with Gasteiger partial charge in [0.05, 0.1) is 42.9 Å². The summed E-state index contributed by atoms with van der Waals surface area (Å²) < 4.78 is 6.24. The first-order chi connectivity index (χ1) is 14.4. The van der Waals surface area contributed by atoms with Crippen LogP contribution in [-0.2, 0) is 20.9 Å². The first kappa shape index (κ1) is 18.9. The number of aryl methyl sites for hydroxylation is 2. The molecule has 30 heavy (non-hydrogen) atoms. The molecule has 2 saturated heterocycles. The molecule has 1 aromatic heterocycles. The van der Waals surface area contributed by atoms with Crippen LogP contribution in [0.4, 0.5) is 5.69 Å². The van der Waals surface area contributed by atoms with Crippen molar-refractivity contribution in [2.45, 2.75) is 32.1 Å². The van der Waals surface area contributed by atoms with E-state index in [1.807, 2.05) is 44.2 Å². The van der Waals surface area contributed by atoms with Crippen molar-refractivity contribution >= 4 is 17.5 Å². The molecule has 3 aliphatic heterocycles. The molecule has 1 spiro atoms. The zero-order valence-electron chi connectivity index (χ0n) is 17.3. The molecule has 154 valence electrons. The average molecular weight is 404 g/mol. The third kappa shape index (κ3) is 2.76. The van der Waals surface area contributed by atoms with Crippen LogP contribution in [0.5, 0.6) is 0 Å². The Morgan fingerprint density at radius 2 is 2.13 bits per heavy atom. The largest absolute Gasteiger partial charge is 0.360 e. The second-order valence-electron chi connectivity index (χ2n) is 8.48. The number of hydrogen-bond donors (Lipinski definition) is 0. The number of ether oxygens (including phenoxy) is 1. The molecule has 0 saturated carbocycles. The lowest BCUT2D eigenvalue weighted by atomic mass is 9.76. The number of benzene rings is 1. The molecular weight excluding hydrogens is 380 g/mol. The van der Waals surface area contributed by atoms with Crippen molar-refractivity contribution in [3.8, 4) is 0 Å². The average Bonchev–Trinajstić information content (AvgIpc) is 3.38. The Morgan fingerprint density at radius 3 is 2.87 bits per heavy atom. The van der Waals surface area contributed by atoms with E-state index in [1.165, 1.54) is 5.56 Å². The topological polar surface area (TPSA) is 75.6 Å². The predicted molar refractivity (Wildman–Crippen MR) is 110 cm³/mol. The van der Waals surface area contributed by atoms with E-state index in [4.69, 9.17) is 4.74 Å². The summed E-state index contributed by atoms with van der Waals surface area (Å²) >= 11 is 0. The van der Waals surface area contributed by atoms with Gasteiger partial charge >= 0.3 is 0 Å². The zero-order chi connectivity index (χ0) is 21.0. The molecule has 2 aromatic rings. The molecule has 4 heterocycles. The van der Waals surface area contributed by atoms with Gasteiger partial charge in [0, 0.05) is 25.1 Å². The van der Waals surface area contributed by atoms with Crippen LogP contribution in [0.25, 0.3) is 0 Å². The molecule has 7 nitrogen and oxygen atoms in total. The predicted octanol–water partition coefficient (Wildman–Crippen LogP) is 2.04. The smallest absolute Gasteiger partial charge is 0.234 e. The van der Waals surface area contributed by atoms with Gasteiger partial charge in [-0.05, 0) is 37.1 Å². The molecule has 2 amide bonds. The van der Waals surface area contributed by atoms with Crippen LogP contribution in [-0.4, -0.2) is 52.0 Å². The van der Waals surface area contributed by atoms with Gasteiger partial charge in [0.25, 0.3) is 0 Å². The quantitative estimate of drug-likeness (QED) is 0.729. The van der Waals surface area contributed by atoms with Gasteiger partial charge in [0.15, 0.2) is 0 Å². The lowest BCUT2D eigenvalue weighted by Crippen LogP contribution is -2.44. The molecule has 2 fully saturated rings. The summed E-state index contributed by atoms with van der Waals surface area (Å²) in [5.74, 6) is -1.18. The number of anilines is 1. The zero-order valence-corrected chi connectivity index (χ0v) is 17.3. The third-order valence-corrected chi connectivity index (χ3v) is 6.58. The van der Waals surface area contributed by atoms with Gasteiger partial charge in [0.2, 0.25) is 11.8 Å². The van der Waals surface area contributed by atoms with Crippen LogP contribution < -0.4 is 4.90 Å². The van der Waals surface area contributed by atoms with Crippen molar-refractivity contribution in [3.05, 3.63) is 65.8 Å². The summed E-state index contributed by atoms with van der Waals surface area (Å²) in [6, 6.07) is 6.01. The minimum atomic E-state index is -0.728. The molecule has 5 rings (SSSR count). The molecule has 0 N–H and O–H groups in total. The summed E-state index contributed by atoms with van der Waals surface area (Å²) in [5, 5.41) is 0. The highest BCUT2D eigenvalue weighted by Crippen LogP contribution is 2.53. The van der Waals surface area contributed by atoms with Crippen molar-refractivity contribution in [2.75, 3.05) is 18.5 Å². The Labute approximate surface area is 175 Å². The molecule has 7 heteroatoms. The van der Waals surface area contributed by atoms with Gasteiger partial charge < -0.3 is 14.5 Å². The molecular formula is C23H24N4O3. The molecule has 3 aliphatic rings. The van der Waals surface area contributed by atoms with Crippen molar-refractivity contribution in [3.63, 3.8) is 0 Å². The fraction of sp³-hybridized carbons (Fsp3) is 0.391. The van der Waals surface area contributed by atoms with Gasteiger partial charge in [-0.1, -0.05) is 18.2 Å². The monoisotopic (exact) mass is 404 g/mol. The first-order valence-electron chi connectivity index (χ1n) is 10.2. The summed E-state index contributed by atoms with van der Waals surface area (Å²) in [4.78, 5) is 38.5. The highest BCUT2D eigenvalue weighted by molar-refractivity contribution is 6.03. The summed E-state index contributed by atoms with van der Waals surface area (Å²) in [7, 11) is 1.74. The standard InChI is InChI=1S/C23H24N4O3/c1-14-4-5-17(10-15(14)2)27-13-23-7-6-18(30-23)19(20(23)22(27)29)21(28)26(3)12-16-11-24-8-9-25-16/h4-11,18-20H,12-13H2,1-3H3/t18-,19+,20+,23-/m0/s1. The number of amides is 2. The van der Waals surface area contributed by atoms with Crippen molar-refractivity contribution in [1.29, 1.82) is 0 Å².